The topological polar surface area (TPSA) is 67.8 Å². The number of carbonyl (C=O) groups is 2. The Hall–Kier alpha value is -3.77. The number of benzene rings is 4. The van der Waals surface area contributed by atoms with Crippen LogP contribution in [0.25, 0.3) is 10.8 Å². The van der Waals surface area contributed by atoms with Crippen molar-refractivity contribution in [3.8, 4) is 5.75 Å². The molecule has 0 saturated carbocycles. The number of halogens is 1. The summed E-state index contributed by atoms with van der Waals surface area (Å²) in [5, 5.41) is 6.18. The third-order valence-electron chi connectivity index (χ3n) is 4.81. The van der Waals surface area contributed by atoms with Crippen LogP contribution in [0.15, 0.2) is 101 Å². The van der Waals surface area contributed by atoms with E-state index in [2.05, 4.69) is 26.5 Å². The first-order valence-corrected chi connectivity index (χ1v) is 10.7. The molecule has 0 aromatic heterocycles. The van der Waals surface area contributed by atoms with Gasteiger partial charge in [0.05, 0.1) is 18.2 Å². The van der Waals surface area contributed by atoms with Crippen molar-refractivity contribution in [2.75, 3.05) is 0 Å². The lowest BCUT2D eigenvalue weighted by molar-refractivity contribution is -0.120. The Kier molecular flexibility index (Phi) is 6.72. The summed E-state index contributed by atoms with van der Waals surface area (Å²) >= 11 is 3.41. The molecule has 0 bridgehead atoms. The largest absolute Gasteiger partial charge is 0.422 e. The zero-order valence-corrected chi connectivity index (χ0v) is 18.6. The molecule has 0 aliphatic carbocycles. The third kappa shape index (κ3) is 5.28. The van der Waals surface area contributed by atoms with Crippen molar-refractivity contribution >= 4 is 44.8 Å². The molecule has 6 heteroatoms. The van der Waals surface area contributed by atoms with Crippen LogP contribution in [0, 0.1) is 0 Å². The minimum absolute atomic E-state index is 0.201. The molecule has 32 heavy (non-hydrogen) atoms. The summed E-state index contributed by atoms with van der Waals surface area (Å²) in [7, 11) is 0. The maximum absolute atomic E-state index is 12.4. The molecular weight excluding hydrogens is 468 g/mol. The fraction of sp³-hybridized carbons (Fsp3) is 0.0385. The van der Waals surface area contributed by atoms with Gasteiger partial charge in [-0.05, 0) is 46.7 Å². The fourth-order valence-corrected chi connectivity index (χ4v) is 3.66. The molecule has 0 saturated heterocycles. The van der Waals surface area contributed by atoms with Gasteiger partial charge in [0.2, 0.25) is 5.91 Å². The number of carbonyl (C=O) groups excluding carboxylic acids is 2. The Morgan fingerprint density at radius 1 is 0.906 bits per heavy atom. The van der Waals surface area contributed by atoms with Gasteiger partial charge in [-0.2, -0.15) is 5.10 Å². The second-order valence-corrected chi connectivity index (χ2v) is 7.96. The number of hydrogen-bond donors (Lipinski definition) is 1. The number of amides is 1. The Morgan fingerprint density at radius 2 is 1.66 bits per heavy atom. The predicted octanol–water partition coefficient (Wildman–Crippen LogP) is 5.51. The lowest BCUT2D eigenvalue weighted by Gasteiger charge is -2.08. The lowest BCUT2D eigenvalue weighted by atomic mass is 10.0. The molecule has 0 spiro atoms. The van der Waals surface area contributed by atoms with Crippen LogP contribution in [0.3, 0.4) is 0 Å². The van der Waals surface area contributed by atoms with Gasteiger partial charge in [0.25, 0.3) is 0 Å². The highest BCUT2D eigenvalue weighted by molar-refractivity contribution is 9.10. The van der Waals surface area contributed by atoms with Crippen LogP contribution in [-0.2, 0) is 11.2 Å². The molecule has 0 fully saturated rings. The van der Waals surface area contributed by atoms with E-state index in [1.165, 1.54) is 6.21 Å². The summed E-state index contributed by atoms with van der Waals surface area (Å²) in [6.45, 7) is 0. The van der Waals surface area contributed by atoms with Crippen molar-refractivity contribution in [1.82, 2.24) is 5.43 Å². The summed E-state index contributed by atoms with van der Waals surface area (Å²) < 4.78 is 6.32. The van der Waals surface area contributed by atoms with Crippen LogP contribution >= 0.6 is 15.9 Å². The first-order chi connectivity index (χ1) is 15.6. The number of ether oxygens (including phenoxy) is 1. The fourth-order valence-electron chi connectivity index (χ4n) is 3.28. The van der Waals surface area contributed by atoms with Crippen molar-refractivity contribution in [2.24, 2.45) is 5.10 Å². The van der Waals surface area contributed by atoms with E-state index in [1.807, 2.05) is 48.5 Å². The van der Waals surface area contributed by atoms with Gasteiger partial charge in [-0.25, -0.2) is 10.2 Å². The standard InChI is InChI=1S/C26H19BrN2O3/c27-22-13-14-24(32-26(31)19-8-2-1-3-9-19)21(15-22)17-28-29-25(30)16-20-11-6-10-18-7-4-5-12-23(18)20/h1-15,17H,16H2,(H,29,30)/b28-17+. The van der Waals surface area contributed by atoms with E-state index >= 15 is 0 Å². The van der Waals surface area contributed by atoms with Crippen LogP contribution in [0.4, 0.5) is 0 Å². The molecular formula is C26H19BrN2O3. The molecule has 1 amide bonds. The van der Waals surface area contributed by atoms with E-state index in [0.29, 0.717) is 16.9 Å². The average molecular weight is 487 g/mol. The average Bonchev–Trinajstić information content (AvgIpc) is 2.81. The number of esters is 1. The molecule has 4 aromatic rings. The van der Waals surface area contributed by atoms with Gasteiger partial charge in [0.15, 0.2) is 0 Å². The molecule has 0 aliphatic rings. The van der Waals surface area contributed by atoms with Crippen molar-refractivity contribution < 1.29 is 14.3 Å². The highest BCUT2D eigenvalue weighted by atomic mass is 79.9. The zero-order valence-electron chi connectivity index (χ0n) is 17.0. The zero-order chi connectivity index (χ0) is 22.3. The first-order valence-electron chi connectivity index (χ1n) is 9.95. The molecule has 1 N–H and O–H groups in total. The van der Waals surface area contributed by atoms with Crippen molar-refractivity contribution in [1.29, 1.82) is 0 Å². The Balaban J connectivity index is 1.45. The van der Waals surface area contributed by atoms with Gasteiger partial charge < -0.3 is 4.74 Å². The maximum atomic E-state index is 12.4. The summed E-state index contributed by atoms with van der Waals surface area (Å²) in [5.41, 5.74) is 4.47. The number of hydrazone groups is 1. The third-order valence-corrected chi connectivity index (χ3v) is 5.30. The molecule has 158 valence electrons. The Morgan fingerprint density at radius 3 is 2.50 bits per heavy atom. The number of hydrogen-bond acceptors (Lipinski definition) is 4. The van der Waals surface area contributed by atoms with E-state index in [9.17, 15) is 9.59 Å². The van der Waals surface area contributed by atoms with E-state index in [1.54, 1.807) is 42.5 Å². The second-order valence-electron chi connectivity index (χ2n) is 7.05. The molecule has 4 rings (SSSR count). The van der Waals surface area contributed by atoms with Crippen molar-refractivity contribution in [3.63, 3.8) is 0 Å². The monoisotopic (exact) mass is 486 g/mol. The van der Waals surface area contributed by atoms with Crippen LogP contribution in [0.2, 0.25) is 0 Å². The van der Waals surface area contributed by atoms with E-state index in [4.69, 9.17) is 4.74 Å². The highest BCUT2D eigenvalue weighted by Gasteiger charge is 2.11. The van der Waals surface area contributed by atoms with Gasteiger partial charge >= 0.3 is 5.97 Å². The summed E-state index contributed by atoms with van der Waals surface area (Å²) in [6.07, 6.45) is 1.66. The summed E-state index contributed by atoms with van der Waals surface area (Å²) in [5.74, 6) is -0.368. The van der Waals surface area contributed by atoms with Crippen LogP contribution in [-0.4, -0.2) is 18.1 Å². The molecule has 0 atom stereocenters. The Bertz CT molecular complexity index is 1300. The quantitative estimate of drug-likeness (QED) is 0.169. The van der Waals surface area contributed by atoms with Gasteiger partial charge in [0.1, 0.15) is 5.75 Å². The van der Waals surface area contributed by atoms with Gasteiger partial charge in [0, 0.05) is 10.0 Å². The predicted molar refractivity (Wildman–Crippen MR) is 129 cm³/mol. The smallest absolute Gasteiger partial charge is 0.343 e. The number of fused-ring (bicyclic) bond motifs is 1. The Labute approximate surface area is 193 Å². The van der Waals surface area contributed by atoms with E-state index < -0.39 is 5.97 Å². The second kappa shape index (κ2) is 10.0. The molecule has 0 unspecified atom stereocenters. The van der Waals surface area contributed by atoms with Gasteiger partial charge in [-0.1, -0.05) is 76.6 Å². The maximum Gasteiger partial charge on any atom is 0.343 e. The highest BCUT2D eigenvalue weighted by Crippen LogP contribution is 2.23. The van der Waals surface area contributed by atoms with Gasteiger partial charge in [-0.3, -0.25) is 4.79 Å². The van der Waals surface area contributed by atoms with Crippen LogP contribution in [0.1, 0.15) is 21.5 Å². The van der Waals surface area contributed by atoms with E-state index in [-0.39, 0.29) is 12.3 Å². The summed E-state index contributed by atoms with van der Waals surface area (Å²) in [4.78, 5) is 24.8. The van der Waals surface area contributed by atoms with E-state index in [0.717, 1.165) is 20.8 Å². The summed E-state index contributed by atoms with van der Waals surface area (Å²) in [6, 6.07) is 27.7. The number of rotatable bonds is 6. The van der Waals surface area contributed by atoms with Crippen LogP contribution in [0.5, 0.6) is 5.75 Å². The van der Waals surface area contributed by atoms with Crippen molar-refractivity contribution in [3.05, 3.63) is 112 Å². The van der Waals surface area contributed by atoms with Crippen molar-refractivity contribution in [2.45, 2.75) is 6.42 Å². The number of nitrogens with zero attached hydrogens (tertiary/aromatic N) is 1. The molecule has 0 aliphatic heterocycles. The molecule has 4 aromatic carbocycles. The minimum atomic E-state index is -0.470. The van der Waals surface area contributed by atoms with Crippen LogP contribution < -0.4 is 10.2 Å². The minimum Gasteiger partial charge on any atom is -0.422 e. The molecule has 0 heterocycles. The molecule has 0 radical (unpaired) electrons. The SMILES string of the molecule is O=C(Cc1cccc2ccccc12)N/N=C/c1cc(Br)ccc1OC(=O)c1ccccc1. The van der Waals surface area contributed by atoms with Gasteiger partial charge in [-0.15, -0.1) is 0 Å². The lowest BCUT2D eigenvalue weighted by Crippen LogP contribution is -2.20. The number of nitrogens with one attached hydrogen (secondary N) is 1. The molecule has 5 nitrogen and oxygen atoms in total. The first kappa shape index (κ1) is 21.5. The normalized spacial score (nSPS) is 10.9.